The normalized spacial score (nSPS) is 14.8. The number of nitro benzene ring substituents is 1. The Labute approximate surface area is 237 Å². The third-order valence-electron chi connectivity index (χ3n) is 6.50. The van der Waals surface area contributed by atoms with E-state index >= 15 is 0 Å². The summed E-state index contributed by atoms with van der Waals surface area (Å²) in [5.74, 6) is 1.28. The SMILES string of the molecule is CCOC(=O)C1=C(C)N=c2sc(=Cc3ccc(-c4ccc([N+](=O)[O-])cc4)o3)c(=O)n2C1c1ccc(OC)c(OC)c1. The first-order valence-electron chi connectivity index (χ1n) is 12.5. The van der Waals surface area contributed by atoms with Gasteiger partial charge in [0, 0.05) is 23.8 Å². The number of thiazole rings is 1. The maximum atomic E-state index is 13.8. The van der Waals surface area contributed by atoms with Gasteiger partial charge in [0.15, 0.2) is 16.3 Å². The molecule has 0 radical (unpaired) electrons. The van der Waals surface area contributed by atoms with Crippen LogP contribution in [0.2, 0.25) is 0 Å². The van der Waals surface area contributed by atoms with Crippen molar-refractivity contribution in [2.24, 2.45) is 4.99 Å². The highest BCUT2D eigenvalue weighted by Crippen LogP contribution is 2.36. The van der Waals surface area contributed by atoms with Crippen LogP contribution < -0.4 is 24.4 Å². The molecule has 5 rings (SSSR count). The molecule has 0 spiro atoms. The number of non-ortho nitro benzene ring substituents is 1. The van der Waals surface area contributed by atoms with E-state index in [1.54, 1.807) is 62.4 Å². The smallest absolute Gasteiger partial charge is 0.338 e. The molecule has 41 heavy (non-hydrogen) atoms. The Bertz CT molecular complexity index is 1860. The lowest BCUT2D eigenvalue weighted by molar-refractivity contribution is -0.384. The first kappa shape index (κ1) is 27.6. The monoisotopic (exact) mass is 575 g/mol. The van der Waals surface area contributed by atoms with E-state index in [-0.39, 0.29) is 23.4 Å². The molecule has 210 valence electrons. The average Bonchev–Trinajstić information content (AvgIpc) is 3.56. The molecule has 0 bridgehead atoms. The first-order valence-corrected chi connectivity index (χ1v) is 13.3. The van der Waals surface area contributed by atoms with Crippen LogP contribution >= 0.6 is 11.3 Å². The molecule has 11 nitrogen and oxygen atoms in total. The standard InChI is InChI=1S/C29H25N3O8S/c1-5-39-28(34)25-16(2)30-29-31(26(25)18-8-12-22(37-3)23(14-18)38-4)27(33)24(41-29)15-20-11-13-21(40-20)17-6-9-19(10-7-17)32(35)36/h6-15,26H,5H2,1-4H3. The zero-order chi connectivity index (χ0) is 29.3. The van der Waals surface area contributed by atoms with Gasteiger partial charge in [-0.15, -0.1) is 0 Å². The molecule has 2 aromatic carbocycles. The minimum atomic E-state index is -0.820. The third-order valence-corrected chi connectivity index (χ3v) is 7.49. The fourth-order valence-electron chi connectivity index (χ4n) is 4.59. The van der Waals surface area contributed by atoms with Crippen LogP contribution in [0.25, 0.3) is 17.4 Å². The van der Waals surface area contributed by atoms with Gasteiger partial charge in [-0.3, -0.25) is 19.5 Å². The van der Waals surface area contributed by atoms with Crippen LogP contribution in [0.15, 0.2) is 80.1 Å². The third kappa shape index (κ3) is 5.16. The van der Waals surface area contributed by atoms with Crippen molar-refractivity contribution in [2.75, 3.05) is 20.8 Å². The molecule has 1 aliphatic rings. The van der Waals surface area contributed by atoms with Gasteiger partial charge in [0.1, 0.15) is 11.5 Å². The number of aromatic nitrogens is 1. The predicted octanol–water partition coefficient (Wildman–Crippen LogP) is 3.98. The number of nitro groups is 1. The number of furan rings is 1. The van der Waals surface area contributed by atoms with Gasteiger partial charge in [0.2, 0.25) is 0 Å². The molecule has 1 unspecified atom stereocenters. The first-order chi connectivity index (χ1) is 19.7. The van der Waals surface area contributed by atoms with Crippen LogP contribution in [0.1, 0.15) is 31.2 Å². The van der Waals surface area contributed by atoms with E-state index in [9.17, 15) is 19.7 Å². The number of methoxy groups -OCH3 is 2. The largest absolute Gasteiger partial charge is 0.493 e. The zero-order valence-corrected chi connectivity index (χ0v) is 23.4. The number of nitrogens with zero attached hydrogens (tertiary/aromatic N) is 3. The summed E-state index contributed by atoms with van der Waals surface area (Å²) in [5.41, 5.74) is 1.57. The molecule has 3 heterocycles. The number of fused-ring (bicyclic) bond motifs is 1. The van der Waals surface area contributed by atoms with Gasteiger partial charge in [-0.05, 0) is 55.8 Å². The van der Waals surface area contributed by atoms with Gasteiger partial charge in [0.25, 0.3) is 11.2 Å². The zero-order valence-electron chi connectivity index (χ0n) is 22.6. The lowest BCUT2D eigenvalue weighted by Gasteiger charge is -2.25. The summed E-state index contributed by atoms with van der Waals surface area (Å²) in [6, 6.07) is 13.8. The maximum absolute atomic E-state index is 13.8. The fraction of sp³-hybridized carbons (Fsp3) is 0.207. The summed E-state index contributed by atoms with van der Waals surface area (Å²) >= 11 is 1.16. The van der Waals surface area contributed by atoms with Crippen LogP contribution in [-0.2, 0) is 9.53 Å². The number of rotatable bonds is 8. The molecular formula is C29H25N3O8S. The molecule has 2 aromatic heterocycles. The summed E-state index contributed by atoms with van der Waals surface area (Å²) in [6.45, 7) is 3.58. The Morgan fingerprint density at radius 3 is 2.51 bits per heavy atom. The Balaban J connectivity index is 1.62. The number of ether oxygens (including phenoxy) is 3. The van der Waals surface area contributed by atoms with Crippen LogP contribution in [0.3, 0.4) is 0 Å². The summed E-state index contributed by atoms with van der Waals surface area (Å²) in [6.07, 6.45) is 1.60. The Morgan fingerprint density at radius 2 is 1.85 bits per heavy atom. The van der Waals surface area contributed by atoms with Gasteiger partial charge in [0.05, 0.1) is 47.6 Å². The highest BCUT2D eigenvalue weighted by Gasteiger charge is 2.34. The second-order valence-corrected chi connectivity index (χ2v) is 9.93. The number of esters is 1. The minimum Gasteiger partial charge on any atom is -0.493 e. The molecule has 0 amide bonds. The van der Waals surface area contributed by atoms with Gasteiger partial charge >= 0.3 is 5.97 Å². The van der Waals surface area contributed by atoms with Gasteiger partial charge < -0.3 is 18.6 Å². The molecule has 0 saturated carbocycles. The summed E-state index contributed by atoms with van der Waals surface area (Å²) < 4.78 is 23.9. The van der Waals surface area contributed by atoms with Crippen molar-refractivity contribution in [3.05, 3.63) is 107 Å². The second-order valence-electron chi connectivity index (χ2n) is 8.92. The molecule has 4 aromatic rings. The molecule has 0 saturated heterocycles. The van der Waals surface area contributed by atoms with Crippen molar-refractivity contribution >= 4 is 29.1 Å². The predicted molar refractivity (Wildman–Crippen MR) is 151 cm³/mol. The van der Waals surface area contributed by atoms with Gasteiger partial charge in [-0.1, -0.05) is 17.4 Å². The van der Waals surface area contributed by atoms with Crippen LogP contribution in [0.4, 0.5) is 5.69 Å². The Morgan fingerprint density at radius 1 is 1.12 bits per heavy atom. The summed E-state index contributed by atoms with van der Waals surface area (Å²) in [5, 5.41) is 11.0. The van der Waals surface area contributed by atoms with Crippen LogP contribution in [0.5, 0.6) is 11.5 Å². The number of benzene rings is 2. The van der Waals surface area contributed by atoms with E-state index in [1.165, 1.54) is 30.9 Å². The molecule has 1 aliphatic heterocycles. The van der Waals surface area contributed by atoms with Crippen molar-refractivity contribution in [2.45, 2.75) is 19.9 Å². The second kappa shape index (κ2) is 11.3. The number of allylic oxidation sites excluding steroid dienone is 1. The topological polar surface area (TPSA) is 135 Å². The lowest BCUT2D eigenvalue weighted by Crippen LogP contribution is -2.39. The number of carbonyl (C=O) groups excluding carboxylic acids is 1. The average molecular weight is 576 g/mol. The minimum absolute atomic E-state index is 0.0249. The summed E-state index contributed by atoms with van der Waals surface area (Å²) in [4.78, 5) is 42.4. The number of hydrogen-bond donors (Lipinski definition) is 0. The number of carbonyl (C=O) groups is 1. The molecule has 0 N–H and O–H groups in total. The highest BCUT2D eigenvalue weighted by atomic mass is 32.1. The molecule has 1 atom stereocenters. The highest BCUT2D eigenvalue weighted by molar-refractivity contribution is 7.07. The van der Waals surface area contributed by atoms with Gasteiger partial charge in [-0.25, -0.2) is 9.79 Å². The molecule has 12 heteroatoms. The van der Waals surface area contributed by atoms with Crippen molar-refractivity contribution < 1.29 is 28.3 Å². The van der Waals surface area contributed by atoms with Crippen LogP contribution in [-0.4, -0.2) is 36.3 Å². The van der Waals surface area contributed by atoms with Gasteiger partial charge in [-0.2, -0.15) is 0 Å². The number of hydrogen-bond acceptors (Lipinski definition) is 10. The Kier molecular flexibility index (Phi) is 7.58. The molecule has 0 aliphatic carbocycles. The van der Waals surface area contributed by atoms with E-state index in [0.717, 1.165) is 11.3 Å². The van der Waals surface area contributed by atoms with E-state index in [1.807, 2.05) is 0 Å². The fourth-order valence-corrected chi connectivity index (χ4v) is 5.62. The van der Waals surface area contributed by atoms with E-state index in [2.05, 4.69) is 4.99 Å². The summed E-state index contributed by atoms with van der Waals surface area (Å²) in [7, 11) is 3.03. The molecular weight excluding hydrogens is 550 g/mol. The van der Waals surface area contributed by atoms with E-state index in [0.29, 0.717) is 49.2 Å². The maximum Gasteiger partial charge on any atom is 0.338 e. The lowest BCUT2D eigenvalue weighted by atomic mass is 9.95. The molecule has 0 fully saturated rings. The van der Waals surface area contributed by atoms with Crippen molar-refractivity contribution in [3.63, 3.8) is 0 Å². The quantitative estimate of drug-likeness (QED) is 0.175. The van der Waals surface area contributed by atoms with Crippen molar-refractivity contribution in [1.82, 2.24) is 4.57 Å². The van der Waals surface area contributed by atoms with Crippen LogP contribution in [0, 0.1) is 10.1 Å². The van der Waals surface area contributed by atoms with E-state index < -0.39 is 16.9 Å². The Hall–Kier alpha value is -4.97. The van der Waals surface area contributed by atoms with E-state index in [4.69, 9.17) is 18.6 Å². The van der Waals surface area contributed by atoms with Crippen molar-refractivity contribution in [1.29, 1.82) is 0 Å². The van der Waals surface area contributed by atoms with Crippen molar-refractivity contribution in [3.8, 4) is 22.8 Å².